The third kappa shape index (κ3) is 2.02. The molecule has 0 unspecified atom stereocenters. The lowest BCUT2D eigenvalue weighted by Crippen LogP contribution is -2.43. The van der Waals surface area contributed by atoms with Crippen molar-refractivity contribution < 1.29 is 18.1 Å². The van der Waals surface area contributed by atoms with Crippen LogP contribution in [-0.2, 0) is 23.0 Å². The largest absolute Gasteiger partial charge is 0.372 e. The van der Waals surface area contributed by atoms with Crippen LogP contribution in [0.4, 0.5) is 0 Å². The summed E-state index contributed by atoms with van der Waals surface area (Å²) in [7, 11) is -4.43. The lowest BCUT2D eigenvalue weighted by atomic mass is 9.89. The van der Waals surface area contributed by atoms with Crippen molar-refractivity contribution in [1.82, 2.24) is 0 Å². The standard InChI is InChI=1S/C10H11BrO4S/c11-9-2-1-8-6-10(12,16(13,14)15)4-3-7(8)5-9/h1-2,5,12H,3-4,6H2,(H,13,14,15)/t10-/m1/s1. The summed E-state index contributed by atoms with van der Waals surface area (Å²) in [5.74, 6) is 0. The first-order valence-corrected chi connectivity index (χ1v) is 7.02. The molecule has 1 aromatic carbocycles. The Morgan fingerprint density at radius 3 is 2.62 bits per heavy atom. The number of fused-ring (bicyclic) bond motifs is 1. The summed E-state index contributed by atoms with van der Waals surface area (Å²) < 4.78 is 32.1. The van der Waals surface area contributed by atoms with E-state index in [0.717, 1.165) is 15.6 Å². The van der Waals surface area contributed by atoms with E-state index in [1.165, 1.54) is 0 Å². The highest BCUT2D eigenvalue weighted by molar-refractivity contribution is 9.10. The third-order valence-electron chi connectivity index (χ3n) is 2.90. The first-order chi connectivity index (χ1) is 7.32. The van der Waals surface area contributed by atoms with Crippen LogP contribution in [-0.4, -0.2) is 23.0 Å². The lowest BCUT2D eigenvalue weighted by molar-refractivity contribution is 0.0982. The summed E-state index contributed by atoms with van der Waals surface area (Å²) >= 11 is 3.33. The zero-order chi connectivity index (χ0) is 12.0. The molecule has 0 heterocycles. The molecule has 1 aromatic rings. The summed E-state index contributed by atoms with van der Waals surface area (Å²) in [5.41, 5.74) is 1.76. The fourth-order valence-electron chi connectivity index (χ4n) is 1.94. The van der Waals surface area contributed by atoms with Gasteiger partial charge in [0.1, 0.15) is 0 Å². The fraction of sp³-hybridized carbons (Fsp3) is 0.400. The van der Waals surface area contributed by atoms with Crippen LogP contribution in [0.25, 0.3) is 0 Å². The average Bonchev–Trinajstić information content (AvgIpc) is 2.17. The van der Waals surface area contributed by atoms with Gasteiger partial charge < -0.3 is 5.11 Å². The number of halogens is 1. The Hall–Kier alpha value is -0.430. The molecule has 0 amide bonds. The molecule has 0 aliphatic heterocycles. The van der Waals surface area contributed by atoms with E-state index >= 15 is 0 Å². The first-order valence-electron chi connectivity index (χ1n) is 4.78. The van der Waals surface area contributed by atoms with Gasteiger partial charge in [-0.2, -0.15) is 8.42 Å². The Morgan fingerprint density at radius 1 is 1.31 bits per heavy atom. The smallest absolute Gasteiger partial charge is 0.295 e. The minimum absolute atomic E-state index is 0.0231. The number of rotatable bonds is 1. The van der Waals surface area contributed by atoms with Crippen LogP contribution in [0.2, 0.25) is 0 Å². The molecule has 6 heteroatoms. The van der Waals surface area contributed by atoms with Gasteiger partial charge in [-0.1, -0.05) is 22.0 Å². The van der Waals surface area contributed by atoms with Crippen molar-refractivity contribution in [2.45, 2.75) is 24.2 Å². The highest BCUT2D eigenvalue weighted by Gasteiger charge is 2.43. The van der Waals surface area contributed by atoms with Crippen molar-refractivity contribution in [3.8, 4) is 0 Å². The molecule has 0 saturated heterocycles. The summed E-state index contributed by atoms with van der Waals surface area (Å²) in [4.78, 5) is -2.03. The number of aliphatic hydroxyl groups is 1. The van der Waals surface area contributed by atoms with Gasteiger partial charge in [0.2, 0.25) is 0 Å². The molecule has 2 rings (SSSR count). The number of benzene rings is 1. The molecule has 0 saturated carbocycles. The van der Waals surface area contributed by atoms with Gasteiger partial charge in [0, 0.05) is 10.9 Å². The van der Waals surface area contributed by atoms with Gasteiger partial charge in [-0.3, -0.25) is 4.55 Å². The predicted molar refractivity (Wildman–Crippen MR) is 62.7 cm³/mol. The molecule has 0 bridgehead atoms. The summed E-state index contributed by atoms with van der Waals surface area (Å²) in [5, 5.41) is 9.87. The zero-order valence-electron chi connectivity index (χ0n) is 8.35. The molecule has 88 valence electrons. The Morgan fingerprint density at radius 2 is 2.00 bits per heavy atom. The van der Waals surface area contributed by atoms with Crippen molar-refractivity contribution >= 4 is 26.0 Å². The Kier molecular flexibility index (Phi) is 2.86. The quantitative estimate of drug-likeness (QED) is 0.771. The molecule has 0 spiro atoms. The highest BCUT2D eigenvalue weighted by Crippen LogP contribution is 2.33. The molecule has 2 N–H and O–H groups in total. The normalized spacial score (nSPS) is 25.2. The molecule has 16 heavy (non-hydrogen) atoms. The van der Waals surface area contributed by atoms with E-state index in [1.807, 2.05) is 6.07 Å². The molecular formula is C10H11BrO4S. The predicted octanol–water partition coefficient (Wildman–Crippen LogP) is 1.51. The number of aryl methyl sites for hydroxylation is 1. The minimum Gasteiger partial charge on any atom is -0.372 e. The van der Waals surface area contributed by atoms with E-state index in [-0.39, 0.29) is 12.8 Å². The van der Waals surface area contributed by atoms with Crippen molar-refractivity contribution in [3.63, 3.8) is 0 Å². The Balaban J connectivity index is 2.42. The van der Waals surface area contributed by atoms with Gasteiger partial charge in [0.25, 0.3) is 10.1 Å². The fourth-order valence-corrected chi connectivity index (χ4v) is 3.04. The van der Waals surface area contributed by atoms with Gasteiger partial charge in [0.05, 0.1) is 0 Å². The van der Waals surface area contributed by atoms with Gasteiger partial charge in [-0.05, 0) is 36.1 Å². The second kappa shape index (κ2) is 3.80. The van der Waals surface area contributed by atoms with E-state index in [9.17, 15) is 13.5 Å². The van der Waals surface area contributed by atoms with E-state index in [4.69, 9.17) is 4.55 Å². The van der Waals surface area contributed by atoms with E-state index in [1.54, 1.807) is 12.1 Å². The molecule has 0 radical (unpaired) electrons. The summed E-state index contributed by atoms with van der Waals surface area (Å²) in [6.07, 6.45) is 0.398. The molecule has 1 aliphatic carbocycles. The highest BCUT2D eigenvalue weighted by atomic mass is 79.9. The Labute approximate surface area is 102 Å². The minimum atomic E-state index is -4.43. The van der Waals surface area contributed by atoms with Crippen LogP contribution in [0, 0.1) is 0 Å². The van der Waals surface area contributed by atoms with Gasteiger partial charge in [-0.15, -0.1) is 0 Å². The lowest BCUT2D eigenvalue weighted by Gasteiger charge is -2.30. The van der Waals surface area contributed by atoms with Crippen molar-refractivity contribution in [2.75, 3.05) is 0 Å². The summed E-state index contributed by atoms with van der Waals surface area (Å²) in [6, 6.07) is 5.45. The second-order valence-corrected chi connectivity index (χ2v) is 6.64. The summed E-state index contributed by atoms with van der Waals surface area (Å²) in [6.45, 7) is 0. The van der Waals surface area contributed by atoms with Crippen molar-refractivity contribution in [2.24, 2.45) is 0 Å². The van der Waals surface area contributed by atoms with E-state index < -0.39 is 15.1 Å². The van der Waals surface area contributed by atoms with Gasteiger partial charge >= 0.3 is 0 Å². The van der Waals surface area contributed by atoms with Crippen molar-refractivity contribution in [1.29, 1.82) is 0 Å². The monoisotopic (exact) mass is 306 g/mol. The van der Waals surface area contributed by atoms with Crippen molar-refractivity contribution in [3.05, 3.63) is 33.8 Å². The van der Waals surface area contributed by atoms with Crippen LogP contribution in [0.5, 0.6) is 0 Å². The molecule has 1 aliphatic rings. The topological polar surface area (TPSA) is 74.6 Å². The van der Waals surface area contributed by atoms with Gasteiger partial charge in [0.15, 0.2) is 4.93 Å². The van der Waals surface area contributed by atoms with E-state index in [0.29, 0.717) is 6.42 Å². The number of hydrogen-bond donors (Lipinski definition) is 2. The molecular weight excluding hydrogens is 296 g/mol. The average molecular weight is 307 g/mol. The van der Waals surface area contributed by atoms with E-state index in [2.05, 4.69) is 15.9 Å². The maximum atomic E-state index is 11.1. The molecule has 4 nitrogen and oxygen atoms in total. The first kappa shape index (κ1) is 12.0. The SMILES string of the molecule is O=S(=O)(O)[C@]1(O)CCc2cc(Br)ccc2C1. The van der Waals surface area contributed by atoms with Crippen LogP contribution < -0.4 is 0 Å². The van der Waals surface area contributed by atoms with Crippen LogP contribution in [0.3, 0.4) is 0 Å². The van der Waals surface area contributed by atoms with Crippen LogP contribution in [0.15, 0.2) is 22.7 Å². The maximum Gasteiger partial charge on any atom is 0.295 e. The van der Waals surface area contributed by atoms with Gasteiger partial charge in [-0.25, -0.2) is 0 Å². The second-order valence-electron chi connectivity index (χ2n) is 4.01. The third-order valence-corrected chi connectivity index (χ3v) is 4.70. The maximum absolute atomic E-state index is 11.1. The molecule has 0 aromatic heterocycles. The van der Waals surface area contributed by atoms with Crippen LogP contribution >= 0.6 is 15.9 Å². The molecule has 1 atom stereocenters. The zero-order valence-corrected chi connectivity index (χ0v) is 10.8. The number of hydrogen-bond acceptors (Lipinski definition) is 3. The molecule has 0 fully saturated rings. The Bertz CT molecular complexity index is 526. The van der Waals surface area contributed by atoms with Crippen LogP contribution in [0.1, 0.15) is 17.5 Å².